The van der Waals surface area contributed by atoms with Crippen molar-refractivity contribution >= 4 is 11.8 Å². The van der Waals surface area contributed by atoms with Crippen LogP contribution in [0, 0.1) is 0 Å². The van der Waals surface area contributed by atoms with Crippen LogP contribution in [0.3, 0.4) is 0 Å². The van der Waals surface area contributed by atoms with Crippen LogP contribution in [0.25, 0.3) is 0 Å². The minimum absolute atomic E-state index is 0.118. The van der Waals surface area contributed by atoms with Crippen LogP contribution >= 0.6 is 0 Å². The van der Waals surface area contributed by atoms with E-state index in [1.54, 1.807) is 6.07 Å². The minimum Gasteiger partial charge on any atom is -0.459 e. The van der Waals surface area contributed by atoms with E-state index in [1.807, 2.05) is 4.90 Å². The van der Waals surface area contributed by atoms with Crippen LogP contribution in [0.2, 0.25) is 0 Å². The molecular formula is C12H17N3O3. The maximum absolute atomic E-state index is 11.7. The number of carbonyl (C=O) groups excluding carboxylic acids is 2. The number of rotatable bonds is 3. The van der Waals surface area contributed by atoms with Gasteiger partial charge in [0.05, 0.1) is 12.8 Å². The molecule has 0 unspecified atom stereocenters. The zero-order chi connectivity index (χ0) is 13.0. The molecule has 1 aromatic rings. The average molecular weight is 251 g/mol. The normalized spacial score (nSPS) is 20.6. The first-order valence-electron chi connectivity index (χ1n) is 6.01. The van der Waals surface area contributed by atoms with Crippen LogP contribution in [-0.4, -0.2) is 42.4 Å². The van der Waals surface area contributed by atoms with Gasteiger partial charge in [0.2, 0.25) is 5.91 Å². The Balaban J connectivity index is 1.80. The average Bonchev–Trinajstić information content (AvgIpc) is 2.81. The highest BCUT2D eigenvalue weighted by Gasteiger charge is 2.20. The molecule has 1 aliphatic rings. The number of nitrogens with one attached hydrogen (secondary N) is 1. The Bertz CT molecular complexity index is 416. The van der Waals surface area contributed by atoms with Gasteiger partial charge >= 0.3 is 0 Å². The summed E-state index contributed by atoms with van der Waals surface area (Å²) >= 11 is 0. The highest BCUT2D eigenvalue weighted by molar-refractivity contribution is 6.03. The van der Waals surface area contributed by atoms with Crippen LogP contribution in [0.5, 0.6) is 0 Å². The third-order valence-corrected chi connectivity index (χ3v) is 2.91. The summed E-state index contributed by atoms with van der Waals surface area (Å²) in [5, 5.41) is 2.29. The van der Waals surface area contributed by atoms with Crippen LogP contribution in [-0.2, 0) is 4.79 Å². The fraction of sp³-hybridized carbons (Fsp3) is 0.500. The topological polar surface area (TPSA) is 88.6 Å². The molecule has 1 aliphatic heterocycles. The van der Waals surface area contributed by atoms with E-state index in [4.69, 9.17) is 10.2 Å². The van der Waals surface area contributed by atoms with E-state index in [0.717, 1.165) is 19.4 Å². The van der Waals surface area contributed by atoms with Gasteiger partial charge in [-0.3, -0.25) is 19.8 Å². The second-order valence-corrected chi connectivity index (χ2v) is 4.49. The summed E-state index contributed by atoms with van der Waals surface area (Å²) in [6.07, 6.45) is 3.37. The van der Waals surface area contributed by atoms with Crippen molar-refractivity contribution in [2.24, 2.45) is 5.73 Å². The molecule has 1 atom stereocenters. The van der Waals surface area contributed by atoms with Crippen molar-refractivity contribution in [3.05, 3.63) is 24.2 Å². The van der Waals surface area contributed by atoms with E-state index in [-0.39, 0.29) is 24.3 Å². The summed E-state index contributed by atoms with van der Waals surface area (Å²) in [4.78, 5) is 25.2. The Labute approximate surface area is 105 Å². The van der Waals surface area contributed by atoms with Crippen LogP contribution in [0.1, 0.15) is 23.4 Å². The first-order chi connectivity index (χ1) is 8.65. The van der Waals surface area contributed by atoms with Crippen molar-refractivity contribution in [3.8, 4) is 0 Å². The number of imide groups is 1. The zero-order valence-electron chi connectivity index (χ0n) is 10.1. The molecule has 1 fully saturated rings. The number of nitrogens with zero attached hydrogens (tertiary/aromatic N) is 1. The second-order valence-electron chi connectivity index (χ2n) is 4.49. The molecule has 0 saturated carbocycles. The highest BCUT2D eigenvalue weighted by atomic mass is 16.3. The van der Waals surface area contributed by atoms with Crippen LogP contribution in [0.15, 0.2) is 22.8 Å². The predicted octanol–water partition coefficient (Wildman–Crippen LogP) is -0.0409. The third-order valence-electron chi connectivity index (χ3n) is 2.91. The van der Waals surface area contributed by atoms with Crippen molar-refractivity contribution in [1.29, 1.82) is 0 Å². The fourth-order valence-corrected chi connectivity index (χ4v) is 2.07. The van der Waals surface area contributed by atoms with E-state index in [2.05, 4.69) is 5.32 Å². The molecule has 1 saturated heterocycles. The van der Waals surface area contributed by atoms with Gasteiger partial charge in [-0.1, -0.05) is 0 Å². The number of amides is 2. The van der Waals surface area contributed by atoms with E-state index in [9.17, 15) is 9.59 Å². The molecule has 0 radical (unpaired) electrons. The molecule has 98 valence electrons. The van der Waals surface area contributed by atoms with Gasteiger partial charge in [-0.25, -0.2) is 0 Å². The fourth-order valence-electron chi connectivity index (χ4n) is 2.07. The minimum atomic E-state index is -0.508. The van der Waals surface area contributed by atoms with Gasteiger partial charge in [-0.2, -0.15) is 0 Å². The largest absolute Gasteiger partial charge is 0.459 e. The summed E-state index contributed by atoms with van der Waals surface area (Å²) < 4.78 is 4.91. The molecule has 2 heterocycles. The molecule has 0 spiro atoms. The van der Waals surface area contributed by atoms with Gasteiger partial charge in [0.1, 0.15) is 0 Å². The van der Waals surface area contributed by atoms with Gasteiger partial charge in [-0.05, 0) is 31.5 Å². The number of furan rings is 1. The summed E-state index contributed by atoms with van der Waals surface area (Å²) in [6, 6.07) is 3.23. The molecule has 6 nitrogen and oxygen atoms in total. The first kappa shape index (κ1) is 12.8. The summed E-state index contributed by atoms with van der Waals surface area (Å²) in [5.41, 5.74) is 5.82. The molecule has 18 heavy (non-hydrogen) atoms. The van der Waals surface area contributed by atoms with Crippen LogP contribution < -0.4 is 11.1 Å². The Morgan fingerprint density at radius 2 is 2.39 bits per heavy atom. The third kappa shape index (κ3) is 3.41. The van der Waals surface area contributed by atoms with E-state index >= 15 is 0 Å². The number of likely N-dealkylation sites (tertiary alicyclic amines) is 1. The van der Waals surface area contributed by atoms with Gasteiger partial charge in [0, 0.05) is 12.6 Å². The predicted molar refractivity (Wildman–Crippen MR) is 64.8 cm³/mol. The molecule has 0 aromatic carbocycles. The van der Waals surface area contributed by atoms with Gasteiger partial charge < -0.3 is 10.2 Å². The Morgan fingerprint density at radius 1 is 1.56 bits per heavy atom. The van der Waals surface area contributed by atoms with Crippen LogP contribution in [0.4, 0.5) is 0 Å². The SMILES string of the molecule is N[C@@H]1CCCN(CC(=O)NC(=O)c2ccco2)C1. The van der Waals surface area contributed by atoms with Crippen molar-refractivity contribution in [2.45, 2.75) is 18.9 Å². The Kier molecular flexibility index (Phi) is 4.11. The van der Waals surface area contributed by atoms with Crippen molar-refractivity contribution in [3.63, 3.8) is 0 Å². The number of nitrogens with two attached hydrogens (primary N) is 1. The zero-order valence-corrected chi connectivity index (χ0v) is 10.1. The molecule has 2 rings (SSSR count). The first-order valence-corrected chi connectivity index (χ1v) is 6.01. The lowest BCUT2D eigenvalue weighted by atomic mass is 10.1. The molecule has 6 heteroatoms. The van der Waals surface area contributed by atoms with Gasteiger partial charge in [-0.15, -0.1) is 0 Å². The van der Waals surface area contributed by atoms with Gasteiger partial charge in [0.25, 0.3) is 5.91 Å². The highest BCUT2D eigenvalue weighted by Crippen LogP contribution is 2.07. The molecule has 0 bridgehead atoms. The second kappa shape index (κ2) is 5.79. The van der Waals surface area contributed by atoms with Crippen molar-refractivity contribution in [2.75, 3.05) is 19.6 Å². The van der Waals surface area contributed by atoms with E-state index in [1.165, 1.54) is 12.3 Å². The Hall–Kier alpha value is -1.66. The summed E-state index contributed by atoms with van der Waals surface area (Å²) in [6.45, 7) is 1.73. The standard InChI is InChI=1S/C12H17N3O3/c13-9-3-1-5-15(7-9)8-11(16)14-12(17)10-4-2-6-18-10/h2,4,6,9H,1,3,5,7-8,13H2,(H,14,16,17)/t9-/m1/s1. The number of carbonyl (C=O) groups is 2. The molecule has 2 amide bonds. The van der Waals surface area contributed by atoms with E-state index < -0.39 is 5.91 Å². The monoisotopic (exact) mass is 251 g/mol. The number of hydrogen-bond acceptors (Lipinski definition) is 5. The molecule has 1 aromatic heterocycles. The van der Waals surface area contributed by atoms with Crippen molar-refractivity contribution < 1.29 is 14.0 Å². The smallest absolute Gasteiger partial charge is 0.293 e. The Morgan fingerprint density at radius 3 is 3.06 bits per heavy atom. The van der Waals surface area contributed by atoms with E-state index in [0.29, 0.717) is 6.54 Å². The summed E-state index contributed by atoms with van der Waals surface area (Å²) in [5.74, 6) is -0.699. The van der Waals surface area contributed by atoms with Gasteiger partial charge in [0.15, 0.2) is 5.76 Å². The number of piperidine rings is 1. The maximum atomic E-state index is 11.7. The molecule has 0 aliphatic carbocycles. The lowest BCUT2D eigenvalue weighted by Crippen LogP contribution is -2.47. The molecular weight excluding hydrogens is 234 g/mol. The number of hydrogen-bond donors (Lipinski definition) is 2. The quantitative estimate of drug-likeness (QED) is 0.787. The lowest BCUT2D eigenvalue weighted by Gasteiger charge is -2.29. The summed E-state index contributed by atoms with van der Waals surface area (Å²) in [7, 11) is 0. The maximum Gasteiger partial charge on any atom is 0.293 e. The van der Waals surface area contributed by atoms with Crippen molar-refractivity contribution in [1.82, 2.24) is 10.2 Å². The molecule has 3 N–H and O–H groups in total. The lowest BCUT2D eigenvalue weighted by molar-refractivity contribution is -0.121.